The maximum absolute atomic E-state index is 14.3. The van der Waals surface area contributed by atoms with Crippen LogP contribution in [0.1, 0.15) is 34.6 Å². The zero-order valence-electron chi connectivity index (χ0n) is 16.3. The number of hydrogen-bond acceptors (Lipinski definition) is 3. The van der Waals surface area contributed by atoms with Crippen LogP contribution >= 0.6 is 0 Å². The van der Waals surface area contributed by atoms with Crippen LogP contribution in [0.5, 0.6) is 0 Å². The number of aromatic nitrogens is 1. The highest BCUT2D eigenvalue weighted by Gasteiger charge is 2.25. The second kappa shape index (κ2) is 7.86. The maximum atomic E-state index is 14.3. The van der Waals surface area contributed by atoms with E-state index < -0.39 is 5.82 Å². The first-order valence-electron chi connectivity index (χ1n) is 9.76. The maximum Gasteiger partial charge on any atom is 0.198 e. The van der Waals surface area contributed by atoms with Gasteiger partial charge < -0.3 is 9.30 Å². The predicted octanol–water partition coefficient (Wildman–Crippen LogP) is 4.21. The summed E-state index contributed by atoms with van der Waals surface area (Å²) >= 11 is 0. The molecule has 1 fully saturated rings. The lowest BCUT2D eigenvalue weighted by molar-refractivity contribution is 0.0327. The van der Waals surface area contributed by atoms with E-state index in [4.69, 9.17) is 4.74 Å². The third-order valence-corrected chi connectivity index (χ3v) is 5.57. The lowest BCUT2D eigenvalue weighted by Gasteiger charge is -2.30. The molecule has 4 rings (SSSR count). The van der Waals surface area contributed by atoms with Gasteiger partial charge in [-0.1, -0.05) is 30.3 Å². The van der Waals surface area contributed by atoms with Crippen LogP contribution in [0.2, 0.25) is 0 Å². The van der Waals surface area contributed by atoms with E-state index in [-0.39, 0.29) is 17.4 Å². The summed E-state index contributed by atoms with van der Waals surface area (Å²) in [5.74, 6) is -0.741. The van der Waals surface area contributed by atoms with Crippen molar-refractivity contribution < 1.29 is 13.9 Å². The van der Waals surface area contributed by atoms with Crippen molar-refractivity contribution >= 4 is 16.7 Å². The number of hydrogen-bond donors (Lipinski definition) is 0. The lowest BCUT2D eigenvalue weighted by Crippen LogP contribution is -2.39. The summed E-state index contributed by atoms with van der Waals surface area (Å²) in [7, 11) is 0. The van der Waals surface area contributed by atoms with Crippen molar-refractivity contribution in [3.8, 4) is 0 Å². The molecule has 1 saturated heterocycles. The second-order valence-corrected chi connectivity index (χ2v) is 7.42. The van der Waals surface area contributed by atoms with Crippen molar-refractivity contribution in [1.29, 1.82) is 0 Å². The minimum absolute atomic E-state index is 0.120. The highest BCUT2D eigenvalue weighted by atomic mass is 19.1. The number of nitrogens with zero attached hydrogens (tertiary/aromatic N) is 2. The van der Waals surface area contributed by atoms with Gasteiger partial charge in [0.2, 0.25) is 0 Å². The highest BCUT2D eigenvalue weighted by molar-refractivity contribution is 6.17. The zero-order chi connectivity index (χ0) is 19.7. The minimum atomic E-state index is -0.481. The average Bonchev–Trinajstić information content (AvgIpc) is 3.00. The molecule has 0 radical (unpaired) electrons. The predicted molar refractivity (Wildman–Crippen MR) is 108 cm³/mol. The van der Waals surface area contributed by atoms with Gasteiger partial charge in [-0.05, 0) is 32.0 Å². The number of ether oxygens (including phenoxy) is 1. The van der Waals surface area contributed by atoms with E-state index >= 15 is 0 Å². The third kappa shape index (κ3) is 3.36. The number of halogens is 1. The standard InChI is InChI=1S/C23H25FN2O2/c1-16(15-25-11-13-28-14-12-25)26-17(2)22(19-8-4-6-10-21(19)26)23(27)18-7-3-5-9-20(18)24/h3-10,16H,11-15H2,1-2H3/t16-/m0/s1. The molecule has 146 valence electrons. The molecule has 28 heavy (non-hydrogen) atoms. The zero-order valence-corrected chi connectivity index (χ0v) is 16.3. The number of morpholine rings is 1. The molecule has 0 aliphatic carbocycles. The molecule has 3 aromatic rings. The first-order chi connectivity index (χ1) is 13.6. The average molecular weight is 380 g/mol. The van der Waals surface area contributed by atoms with Crippen LogP contribution in [-0.2, 0) is 4.74 Å². The van der Waals surface area contributed by atoms with Crippen molar-refractivity contribution in [1.82, 2.24) is 9.47 Å². The number of rotatable bonds is 5. The fraction of sp³-hybridized carbons (Fsp3) is 0.348. The highest BCUT2D eigenvalue weighted by Crippen LogP contribution is 2.31. The van der Waals surface area contributed by atoms with Gasteiger partial charge in [-0.3, -0.25) is 9.69 Å². The lowest BCUT2D eigenvalue weighted by atomic mass is 10.00. The first kappa shape index (κ1) is 18.8. The van der Waals surface area contributed by atoms with Gasteiger partial charge in [0.25, 0.3) is 0 Å². The Morgan fingerprint density at radius 2 is 1.79 bits per heavy atom. The minimum Gasteiger partial charge on any atom is -0.379 e. The van der Waals surface area contributed by atoms with Crippen LogP contribution in [-0.4, -0.2) is 48.1 Å². The van der Waals surface area contributed by atoms with E-state index in [2.05, 4.69) is 16.4 Å². The van der Waals surface area contributed by atoms with E-state index in [1.165, 1.54) is 6.07 Å². The number of fused-ring (bicyclic) bond motifs is 1. The molecule has 0 amide bonds. The normalized spacial score (nSPS) is 16.4. The van der Waals surface area contributed by atoms with Crippen molar-refractivity contribution in [3.05, 3.63) is 71.2 Å². The van der Waals surface area contributed by atoms with E-state index in [1.54, 1.807) is 18.2 Å². The Balaban J connectivity index is 1.77. The van der Waals surface area contributed by atoms with E-state index in [0.717, 1.165) is 49.4 Å². The van der Waals surface area contributed by atoms with Crippen molar-refractivity contribution in [2.24, 2.45) is 0 Å². The fourth-order valence-corrected chi connectivity index (χ4v) is 4.26. The second-order valence-electron chi connectivity index (χ2n) is 7.42. The molecule has 0 unspecified atom stereocenters. The van der Waals surface area contributed by atoms with Gasteiger partial charge in [0.1, 0.15) is 5.82 Å². The van der Waals surface area contributed by atoms with Crippen LogP contribution in [0.25, 0.3) is 10.9 Å². The molecule has 2 heterocycles. The Kier molecular flexibility index (Phi) is 5.29. The van der Waals surface area contributed by atoms with Gasteiger partial charge >= 0.3 is 0 Å². The number of ketones is 1. The molecule has 5 heteroatoms. The van der Waals surface area contributed by atoms with Crippen molar-refractivity contribution in [2.45, 2.75) is 19.9 Å². The van der Waals surface area contributed by atoms with Gasteiger partial charge in [0, 0.05) is 42.3 Å². The van der Waals surface area contributed by atoms with E-state index in [1.807, 2.05) is 31.2 Å². The Morgan fingerprint density at radius 3 is 2.54 bits per heavy atom. The Morgan fingerprint density at radius 1 is 1.11 bits per heavy atom. The number of para-hydroxylation sites is 1. The molecule has 1 aromatic heterocycles. The Bertz CT molecular complexity index is 1010. The molecular formula is C23H25FN2O2. The molecule has 0 bridgehead atoms. The van der Waals surface area contributed by atoms with Gasteiger partial charge in [0.05, 0.1) is 24.3 Å². The van der Waals surface area contributed by atoms with Crippen LogP contribution in [0.15, 0.2) is 48.5 Å². The largest absolute Gasteiger partial charge is 0.379 e. The summed E-state index contributed by atoms with van der Waals surface area (Å²) in [6, 6.07) is 14.3. The number of carbonyl (C=O) groups excluding carboxylic acids is 1. The molecule has 0 N–H and O–H groups in total. The molecular weight excluding hydrogens is 355 g/mol. The molecule has 1 aliphatic rings. The Labute approximate surface area is 164 Å². The molecule has 0 saturated carbocycles. The quantitative estimate of drug-likeness (QED) is 0.622. The third-order valence-electron chi connectivity index (χ3n) is 5.57. The molecule has 0 spiro atoms. The SMILES string of the molecule is Cc1c(C(=O)c2ccccc2F)c2ccccc2n1[C@@H](C)CN1CCOCC1. The summed E-state index contributed by atoms with van der Waals surface area (Å²) in [4.78, 5) is 15.6. The summed E-state index contributed by atoms with van der Waals surface area (Å²) < 4.78 is 22.0. The van der Waals surface area contributed by atoms with Crippen LogP contribution in [0.3, 0.4) is 0 Å². The summed E-state index contributed by atoms with van der Waals surface area (Å²) in [5.41, 5.74) is 2.61. The molecule has 1 aliphatic heterocycles. The van der Waals surface area contributed by atoms with Crippen LogP contribution < -0.4 is 0 Å². The summed E-state index contributed by atoms with van der Waals surface area (Å²) in [6.45, 7) is 8.38. The monoisotopic (exact) mass is 380 g/mol. The van der Waals surface area contributed by atoms with Gasteiger partial charge in [-0.15, -0.1) is 0 Å². The fourth-order valence-electron chi connectivity index (χ4n) is 4.26. The van der Waals surface area contributed by atoms with E-state index in [9.17, 15) is 9.18 Å². The molecule has 4 nitrogen and oxygen atoms in total. The van der Waals surface area contributed by atoms with Crippen LogP contribution in [0.4, 0.5) is 4.39 Å². The summed E-state index contributed by atoms with van der Waals surface area (Å²) in [5, 5.41) is 0.877. The topological polar surface area (TPSA) is 34.5 Å². The number of carbonyl (C=O) groups is 1. The Hall–Kier alpha value is -2.50. The summed E-state index contributed by atoms with van der Waals surface area (Å²) in [6.07, 6.45) is 0. The van der Waals surface area contributed by atoms with E-state index in [0.29, 0.717) is 5.56 Å². The van der Waals surface area contributed by atoms with Gasteiger partial charge in [-0.2, -0.15) is 0 Å². The van der Waals surface area contributed by atoms with Gasteiger partial charge in [0.15, 0.2) is 5.78 Å². The molecule has 2 aromatic carbocycles. The number of benzene rings is 2. The molecule has 1 atom stereocenters. The van der Waals surface area contributed by atoms with Gasteiger partial charge in [-0.25, -0.2) is 4.39 Å². The van der Waals surface area contributed by atoms with Crippen molar-refractivity contribution in [3.63, 3.8) is 0 Å². The van der Waals surface area contributed by atoms with Crippen molar-refractivity contribution in [2.75, 3.05) is 32.8 Å². The smallest absolute Gasteiger partial charge is 0.198 e. The first-order valence-corrected chi connectivity index (χ1v) is 9.76. The van der Waals surface area contributed by atoms with Crippen LogP contribution in [0, 0.1) is 12.7 Å².